The van der Waals surface area contributed by atoms with E-state index in [-0.39, 0.29) is 0 Å². The first-order valence-electron chi connectivity index (χ1n) is 6.58. The number of benzene rings is 1. The second-order valence-corrected chi connectivity index (χ2v) is 5.50. The molecule has 2 heterocycles. The average molecular weight is 325 g/mol. The van der Waals surface area contributed by atoms with Gasteiger partial charge < -0.3 is 14.8 Å². The molecule has 1 aliphatic rings. The van der Waals surface area contributed by atoms with Gasteiger partial charge in [-0.1, -0.05) is 29.3 Å². The van der Waals surface area contributed by atoms with Crippen molar-refractivity contribution in [1.29, 1.82) is 0 Å². The molecular formula is C15H14Cl2N2O2. The Balaban J connectivity index is 1.76. The summed E-state index contributed by atoms with van der Waals surface area (Å²) < 4.78 is 11.1. The molecule has 1 aromatic heterocycles. The number of hydrogen-bond donors (Lipinski definition) is 1. The van der Waals surface area contributed by atoms with Crippen LogP contribution in [0.2, 0.25) is 10.3 Å². The first-order valence-corrected chi connectivity index (χ1v) is 7.34. The van der Waals surface area contributed by atoms with Gasteiger partial charge in [-0.25, -0.2) is 4.98 Å². The molecule has 0 bridgehead atoms. The lowest BCUT2D eigenvalue weighted by atomic mass is 10.2. The Hall–Kier alpha value is -1.65. The molecule has 0 atom stereocenters. The van der Waals surface area contributed by atoms with Crippen molar-refractivity contribution >= 4 is 28.9 Å². The zero-order chi connectivity index (χ0) is 14.8. The number of nitrogens with one attached hydrogen (secondary N) is 1. The minimum absolute atomic E-state index is 0.373. The van der Waals surface area contributed by atoms with Crippen LogP contribution in [0.5, 0.6) is 11.5 Å². The maximum Gasteiger partial charge on any atom is 0.161 e. The molecule has 0 radical (unpaired) electrons. The van der Waals surface area contributed by atoms with Crippen molar-refractivity contribution in [2.24, 2.45) is 0 Å². The van der Waals surface area contributed by atoms with Crippen molar-refractivity contribution in [2.75, 3.05) is 18.5 Å². The minimum atomic E-state index is 0.373. The van der Waals surface area contributed by atoms with E-state index in [4.69, 9.17) is 32.7 Å². The molecule has 2 aromatic rings. The van der Waals surface area contributed by atoms with Gasteiger partial charge in [0, 0.05) is 6.54 Å². The number of nitrogens with zero attached hydrogens (tertiary/aromatic N) is 1. The fourth-order valence-corrected chi connectivity index (χ4v) is 2.79. The topological polar surface area (TPSA) is 43.4 Å². The van der Waals surface area contributed by atoms with Gasteiger partial charge >= 0.3 is 0 Å². The van der Waals surface area contributed by atoms with Gasteiger partial charge in [0.15, 0.2) is 16.7 Å². The summed E-state index contributed by atoms with van der Waals surface area (Å²) in [6.45, 7) is 3.72. The van der Waals surface area contributed by atoms with E-state index >= 15 is 0 Å². The van der Waals surface area contributed by atoms with Gasteiger partial charge in [0.05, 0.1) is 5.69 Å². The number of aromatic nitrogens is 1. The number of ether oxygens (including phenoxy) is 2. The van der Waals surface area contributed by atoms with Crippen molar-refractivity contribution in [3.63, 3.8) is 0 Å². The van der Waals surface area contributed by atoms with Crippen LogP contribution in [0.4, 0.5) is 5.69 Å². The molecule has 0 saturated carbocycles. The van der Waals surface area contributed by atoms with Gasteiger partial charge in [-0.15, -0.1) is 0 Å². The maximum atomic E-state index is 6.11. The van der Waals surface area contributed by atoms with Crippen LogP contribution in [0.15, 0.2) is 24.3 Å². The molecule has 1 aromatic carbocycles. The third-order valence-corrected chi connectivity index (χ3v) is 3.68. The first kappa shape index (κ1) is 14.3. The molecule has 0 fully saturated rings. The van der Waals surface area contributed by atoms with E-state index in [0.717, 1.165) is 28.3 Å². The molecule has 0 saturated heterocycles. The molecule has 0 aliphatic carbocycles. The van der Waals surface area contributed by atoms with Crippen molar-refractivity contribution in [2.45, 2.75) is 13.5 Å². The first-order chi connectivity index (χ1) is 10.1. The Morgan fingerprint density at radius 3 is 2.67 bits per heavy atom. The van der Waals surface area contributed by atoms with Crippen molar-refractivity contribution in [3.05, 3.63) is 45.7 Å². The SMILES string of the molecule is Cc1cc(Cl)nc(Cl)c1NCc1ccc2c(c1)OCCO2. The van der Waals surface area contributed by atoms with Gasteiger partial charge in [0.25, 0.3) is 0 Å². The lowest BCUT2D eigenvalue weighted by Crippen LogP contribution is -2.15. The highest BCUT2D eigenvalue weighted by atomic mass is 35.5. The zero-order valence-corrected chi connectivity index (χ0v) is 13.0. The standard InChI is InChI=1S/C15H14Cl2N2O2/c1-9-6-13(16)19-15(17)14(9)18-8-10-2-3-11-12(7-10)21-5-4-20-11/h2-3,6-7,18H,4-5,8H2,1H3. The molecule has 110 valence electrons. The zero-order valence-electron chi connectivity index (χ0n) is 11.5. The van der Waals surface area contributed by atoms with Crippen LogP contribution in [-0.2, 0) is 6.54 Å². The number of hydrogen-bond acceptors (Lipinski definition) is 4. The molecule has 3 rings (SSSR count). The van der Waals surface area contributed by atoms with E-state index in [1.54, 1.807) is 6.07 Å². The summed E-state index contributed by atoms with van der Waals surface area (Å²) in [5.74, 6) is 1.56. The predicted molar refractivity (Wildman–Crippen MR) is 83.8 cm³/mol. The lowest BCUT2D eigenvalue weighted by molar-refractivity contribution is 0.171. The van der Waals surface area contributed by atoms with E-state index in [9.17, 15) is 0 Å². The van der Waals surface area contributed by atoms with Gasteiger partial charge in [0.2, 0.25) is 0 Å². The number of pyridine rings is 1. The van der Waals surface area contributed by atoms with E-state index < -0.39 is 0 Å². The third kappa shape index (κ3) is 3.17. The predicted octanol–water partition coefficient (Wildman–Crippen LogP) is 4.08. The molecule has 4 nitrogen and oxygen atoms in total. The Labute approximate surface area is 133 Å². The van der Waals surface area contributed by atoms with Crippen LogP contribution in [0.1, 0.15) is 11.1 Å². The van der Waals surface area contributed by atoms with E-state index in [2.05, 4.69) is 10.3 Å². The van der Waals surface area contributed by atoms with Crippen molar-refractivity contribution < 1.29 is 9.47 Å². The summed E-state index contributed by atoms with van der Waals surface area (Å²) in [5, 5.41) is 4.05. The maximum absolute atomic E-state index is 6.11. The number of halogens is 2. The third-order valence-electron chi connectivity index (χ3n) is 3.22. The Morgan fingerprint density at radius 1 is 1.14 bits per heavy atom. The van der Waals surface area contributed by atoms with E-state index in [1.807, 2.05) is 25.1 Å². The molecule has 0 spiro atoms. The largest absolute Gasteiger partial charge is 0.486 e. The highest BCUT2D eigenvalue weighted by molar-refractivity contribution is 6.34. The molecular weight excluding hydrogens is 311 g/mol. The van der Waals surface area contributed by atoms with Crippen LogP contribution >= 0.6 is 23.2 Å². The number of fused-ring (bicyclic) bond motifs is 1. The molecule has 1 N–H and O–H groups in total. The summed E-state index contributed by atoms with van der Waals surface area (Å²) in [6, 6.07) is 7.65. The Bertz CT molecular complexity index is 654. The summed E-state index contributed by atoms with van der Waals surface area (Å²) in [5.41, 5.74) is 2.82. The highest BCUT2D eigenvalue weighted by Crippen LogP contribution is 2.32. The lowest BCUT2D eigenvalue weighted by Gasteiger charge is -2.19. The second kappa shape index (κ2) is 6.00. The van der Waals surface area contributed by atoms with Gasteiger partial charge in [-0.05, 0) is 36.2 Å². The van der Waals surface area contributed by atoms with E-state index in [0.29, 0.717) is 30.1 Å². The smallest absolute Gasteiger partial charge is 0.161 e. The minimum Gasteiger partial charge on any atom is -0.486 e. The normalized spacial score (nSPS) is 13.1. The van der Waals surface area contributed by atoms with Crippen LogP contribution < -0.4 is 14.8 Å². The fourth-order valence-electron chi connectivity index (χ4n) is 2.20. The summed E-state index contributed by atoms with van der Waals surface area (Å²) >= 11 is 12.0. The van der Waals surface area contributed by atoms with Crippen LogP contribution in [0.3, 0.4) is 0 Å². The fraction of sp³-hybridized carbons (Fsp3) is 0.267. The van der Waals surface area contributed by atoms with E-state index in [1.165, 1.54) is 0 Å². The monoisotopic (exact) mass is 324 g/mol. The molecule has 0 unspecified atom stereocenters. The number of aryl methyl sites for hydroxylation is 1. The van der Waals surface area contributed by atoms with Gasteiger partial charge in [-0.2, -0.15) is 0 Å². The van der Waals surface area contributed by atoms with Gasteiger partial charge in [0.1, 0.15) is 18.4 Å². The van der Waals surface area contributed by atoms with Crippen LogP contribution in [-0.4, -0.2) is 18.2 Å². The number of rotatable bonds is 3. The molecule has 1 aliphatic heterocycles. The molecule has 6 heteroatoms. The quantitative estimate of drug-likeness (QED) is 0.864. The molecule has 21 heavy (non-hydrogen) atoms. The summed E-state index contributed by atoms with van der Waals surface area (Å²) in [4.78, 5) is 4.04. The Morgan fingerprint density at radius 2 is 1.90 bits per heavy atom. The van der Waals surface area contributed by atoms with Crippen LogP contribution in [0, 0.1) is 6.92 Å². The second-order valence-electron chi connectivity index (χ2n) is 4.76. The van der Waals surface area contributed by atoms with Crippen LogP contribution in [0.25, 0.3) is 0 Å². The molecule has 0 amide bonds. The summed E-state index contributed by atoms with van der Waals surface area (Å²) in [6.07, 6.45) is 0. The van der Waals surface area contributed by atoms with Gasteiger partial charge in [-0.3, -0.25) is 0 Å². The summed E-state index contributed by atoms with van der Waals surface area (Å²) in [7, 11) is 0. The number of anilines is 1. The van der Waals surface area contributed by atoms with Crippen molar-refractivity contribution in [3.8, 4) is 11.5 Å². The average Bonchev–Trinajstić information content (AvgIpc) is 2.46. The Kier molecular flexibility index (Phi) is 4.08. The van der Waals surface area contributed by atoms with Crippen molar-refractivity contribution in [1.82, 2.24) is 4.98 Å². The highest BCUT2D eigenvalue weighted by Gasteiger charge is 2.12.